The first-order valence-electron chi connectivity index (χ1n) is 6.44. The molecule has 0 aliphatic heterocycles. The van der Waals surface area contributed by atoms with Gasteiger partial charge in [-0.25, -0.2) is 8.42 Å². The molecule has 0 aromatic heterocycles. The zero-order chi connectivity index (χ0) is 15.2. The number of halogens is 2. The fourth-order valence-corrected chi connectivity index (χ4v) is 2.66. The van der Waals surface area contributed by atoms with Crippen LogP contribution in [-0.4, -0.2) is 27.3 Å². The van der Waals surface area contributed by atoms with Gasteiger partial charge in [0.15, 0.2) is 0 Å². The van der Waals surface area contributed by atoms with Gasteiger partial charge in [0.2, 0.25) is 9.84 Å². The summed E-state index contributed by atoms with van der Waals surface area (Å²) < 4.78 is 48.2. The fourth-order valence-electron chi connectivity index (χ4n) is 1.75. The van der Waals surface area contributed by atoms with Crippen molar-refractivity contribution in [2.45, 2.75) is 30.4 Å². The summed E-state index contributed by atoms with van der Waals surface area (Å²) in [4.78, 5) is -0.359. The van der Waals surface area contributed by atoms with Gasteiger partial charge in [-0.15, -0.1) is 0 Å². The minimum absolute atomic E-state index is 0.216. The van der Waals surface area contributed by atoms with Crippen molar-refractivity contribution in [3.63, 3.8) is 0 Å². The van der Waals surface area contributed by atoms with Crippen LogP contribution in [0.2, 0.25) is 0 Å². The Morgan fingerprint density at radius 2 is 1.95 bits per heavy atom. The van der Waals surface area contributed by atoms with Crippen LogP contribution in [0.1, 0.15) is 19.8 Å². The van der Waals surface area contributed by atoms with E-state index < -0.39 is 15.6 Å². The number of rotatable bonds is 8. The first-order valence-corrected chi connectivity index (χ1v) is 7.99. The lowest BCUT2D eigenvalue weighted by molar-refractivity contribution is 0.235. The van der Waals surface area contributed by atoms with Crippen LogP contribution in [0.5, 0.6) is 0 Å². The average Bonchev–Trinajstić information content (AvgIpc) is 2.43. The predicted molar refractivity (Wildman–Crippen MR) is 75.6 cm³/mol. The van der Waals surface area contributed by atoms with Gasteiger partial charge >= 0.3 is 5.76 Å². The van der Waals surface area contributed by atoms with E-state index in [0.717, 1.165) is 12.8 Å². The van der Waals surface area contributed by atoms with E-state index >= 15 is 0 Å². The molecule has 1 aromatic carbocycles. The molecule has 3 N–H and O–H groups in total. The molecule has 0 saturated carbocycles. The largest absolute Gasteiger partial charge is 0.384 e. The normalized spacial score (nSPS) is 13.4. The molecule has 0 bridgehead atoms. The van der Waals surface area contributed by atoms with E-state index in [1.54, 1.807) is 6.07 Å². The summed E-state index contributed by atoms with van der Waals surface area (Å²) in [5, 5.41) is 2.90. The van der Waals surface area contributed by atoms with Crippen LogP contribution in [-0.2, 0) is 9.84 Å². The number of hydrogen-bond donors (Lipinski definition) is 2. The van der Waals surface area contributed by atoms with Crippen LogP contribution in [0.3, 0.4) is 0 Å². The molecule has 20 heavy (non-hydrogen) atoms. The molecule has 1 rings (SSSR count). The zero-order valence-corrected chi connectivity index (χ0v) is 12.2. The van der Waals surface area contributed by atoms with Gasteiger partial charge in [0.1, 0.15) is 0 Å². The van der Waals surface area contributed by atoms with E-state index in [9.17, 15) is 17.2 Å². The van der Waals surface area contributed by atoms with Crippen molar-refractivity contribution in [3.05, 3.63) is 24.3 Å². The van der Waals surface area contributed by atoms with Gasteiger partial charge < -0.3 is 11.1 Å². The van der Waals surface area contributed by atoms with Crippen molar-refractivity contribution in [1.82, 2.24) is 0 Å². The summed E-state index contributed by atoms with van der Waals surface area (Å²) in [6, 6.07) is 5.71. The third-order valence-electron chi connectivity index (χ3n) is 3.02. The number of nitrogens with one attached hydrogen (secondary N) is 1. The van der Waals surface area contributed by atoms with Gasteiger partial charge in [0, 0.05) is 6.54 Å². The first kappa shape index (κ1) is 16.8. The molecule has 0 aliphatic rings. The molecule has 0 aliphatic carbocycles. The zero-order valence-electron chi connectivity index (χ0n) is 11.4. The summed E-state index contributed by atoms with van der Waals surface area (Å²) in [7, 11) is -4.58. The molecular weight excluding hydrogens is 286 g/mol. The van der Waals surface area contributed by atoms with Crippen LogP contribution in [0.15, 0.2) is 29.2 Å². The Morgan fingerprint density at radius 3 is 2.55 bits per heavy atom. The maximum absolute atomic E-state index is 12.6. The van der Waals surface area contributed by atoms with E-state index in [0.29, 0.717) is 19.0 Å². The second-order valence-corrected chi connectivity index (χ2v) is 6.60. The highest BCUT2D eigenvalue weighted by Crippen LogP contribution is 2.26. The number of para-hydroxylation sites is 1. The molecule has 0 heterocycles. The molecule has 1 unspecified atom stereocenters. The predicted octanol–water partition coefficient (Wildman–Crippen LogP) is 2.47. The quantitative estimate of drug-likeness (QED) is 0.724. The maximum atomic E-state index is 12.6. The lowest BCUT2D eigenvalue weighted by atomic mass is 10.1. The summed E-state index contributed by atoms with van der Waals surface area (Å²) in [6.07, 6.45) is 1.69. The molecule has 0 spiro atoms. The highest BCUT2D eigenvalue weighted by molar-refractivity contribution is 7.91. The summed E-state index contributed by atoms with van der Waals surface area (Å²) in [6.45, 7) is 3.13. The summed E-state index contributed by atoms with van der Waals surface area (Å²) >= 11 is 0. The number of alkyl halides is 2. The monoisotopic (exact) mass is 306 g/mol. The molecule has 0 saturated heterocycles. The lowest BCUT2D eigenvalue weighted by Crippen LogP contribution is -2.15. The second-order valence-electron chi connectivity index (χ2n) is 4.71. The Labute approximate surface area is 118 Å². The van der Waals surface area contributed by atoms with Gasteiger partial charge in [0.05, 0.1) is 10.6 Å². The van der Waals surface area contributed by atoms with E-state index in [-0.39, 0.29) is 10.6 Å². The Morgan fingerprint density at radius 1 is 1.30 bits per heavy atom. The van der Waals surface area contributed by atoms with Gasteiger partial charge in [-0.3, -0.25) is 0 Å². The van der Waals surface area contributed by atoms with Crippen molar-refractivity contribution < 1.29 is 17.2 Å². The van der Waals surface area contributed by atoms with Gasteiger partial charge in [-0.05, 0) is 37.4 Å². The molecular formula is C13H20F2N2O2S. The number of hydrogen-bond acceptors (Lipinski definition) is 4. The fraction of sp³-hybridized carbons (Fsp3) is 0.538. The number of benzene rings is 1. The Kier molecular flexibility index (Phi) is 6.35. The Hall–Kier alpha value is -1.21. The smallest absolute Gasteiger partial charge is 0.341 e. The van der Waals surface area contributed by atoms with Gasteiger partial charge in [-0.1, -0.05) is 19.1 Å². The van der Waals surface area contributed by atoms with E-state index in [1.165, 1.54) is 18.2 Å². The van der Waals surface area contributed by atoms with Crippen LogP contribution < -0.4 is 11.1 Å². The van der Waals surface area contributed by atoms with Gasteiger partial charge in [-0.2, -0.15) is 8.78 Å². The third kappa shape index (κ3) is 4.42. The Bertz CT molecular complexity index is 521. The van der Waals surface area contributed by atoms with E-state index in [4.69, 9.17) is 5.73 Å². The van der Waals surface area contributed by atoms with Crippen molar-refractivity contribution in [2.75, 3.05) is 18.4 Å². The molecule has 7 heteroatoms. The van der Waals surface area contributed by atoms with Crippen molar-refractivity contribution in [2.24, 2.45) is 11.7 Å². The molecule has 0 radical (unpaired) electrons. The summed E-state index contributed by atoms with van der Waals surface area (Å²) in [5.74, 6) is -3.03. The minimum Gasteiger partial charge on any atom is -0.384 e. The van der Waals surface area contributed by atoms with Crippen LogP contribution in [0.25, 0.3) is 0 Å². The van der Waals surface area contributed by atoms with E-state index in [1.807, 2.05) is 6.92 Å². The molecule has 114 valence electrons. The van der Waals surface area contributed by atoms with Crippen molar-refractivity contribution >= 4 is 15.5 Å². The van der Waals surface area contributed by atoms with Crippen LogP contribution >= 0.6 is 0 Å². The second kappa shape index (κ2) is 7.54. The summed E-state index contributed by atoms with van der Waals surface area (Å²) in [5.41, 5.74) is 5.71. The third-order valence-corrected chi connectivity index (χ3v) is 4.46. The highest BCUT2D eigenvalue weighted by atomic mass is 32.2. The van der Waals surface area contributed by atoms with Crippen LogP contribution in [0.4, 0.5) is 14.5 Å². The van der Waals surface area contributed by atoms with Gasteiger partial charge in [0.25, 0.3) is 0 Å². The minimum atomic E-state index is -4.58. The average molecular weight is 306 g/mol. The molecule has 0 fully saturated rings. The van der Waals surface area contributed by atoms with Crippen molar-refractivity contribution in [1.29, 1.82) is 0 Å². The molecule has 1 aromatic rings. The Balaban J connectivity index is 2.72. The first-order chi connectivity index (χ1) is 9.39. The lowest BCUT2D eigenvalue weighted by Gasteiger charge is -2.13. The van der Waals surface area contributed by atoms with Crippen LogP contribution in [0, 0.1) is 5.92 Å². The molecule has 4 nitrogen and oxygen atoms in total. The van der Waals surface area contributed by atoms with E-state index in [2.05, 4.69) is 5.32 Å². The molecule has 0 amide bonds. The number of anilines is 1. The molecule has 1 atom stereocenters. The number of nitrogens with two attached hydrogens (primary N) is 1. The van der Waals surface area contributed by atoms with Crippen molar-refractivity contribution in [3.8, 4) is 0 Å². The SMILES string of the molecule is CC(CN)CCCNc1ccccc1S(=O)(=O)C(F)F. The maximum Gasteiger partial charge on any atom is 0.341 e. The standard InChI is InChI=1S/C13H20F2N2O2S/c1-10(9-16)5-4-8-17-11-6-2-3-7-12(11)20(18,19)13(14)15/h2-3,6-7,10,13,17H,4-5,8-9,16H2,1H3. The highest BCUT2D eigenvalue weighted by Gasteiger charge is 2.28. The number of sulfone groups is 1. The topological polar surface area (TPSA) is 72.2 Å².